The van der Waals surface area contributed by atoms with Crippen molar-refractivity contribution in [1.82, 2.24) is 14.9 Å². The summed E-state index contributed by atoms with van der Waals surface area (Å²) in [6, 6.07) is 22.0. The van der Waals surface area contributed by atoms with Gasteiger partial charge in [-0.05, 0) is 54.1 Å². The Morgan fingerprint density at radius 3 is 2.58 bits per heavy atom. The van der Waals surface area contributed by atoms with Crippen LogP contribution in [0.1, 0.15) is 21.7 Å². The zero-order chi connectivity index (χ0) is 21.8. The molecule has 0 aliphatic rings. The lowest BCUT2D eigenvalue weighted by Gasteiger charge is -2.10. The van der Waals surface area contributed by atoms with E-state index in [2.05, 4.69) is 26.2 Å². The first-order valence-electron chi connectivity index (χ1n) is 9.70. The zero-order valence-corrected chi connectivity index (χ0v) is 18.4. The van der Waals surface area contributed by atoms with E-state index in [9.17, 15) is 9.59 Å². The van der Waals surface area contributed by atoms with Crippen LogP contribution in [-0.2, 0) is 17.9 Å². The summed E-state index contributed by atoms with van der Waals surface area (Å²) in [4.78, 5) is 30.4. The standard InChI is InChI=1S/C24H20BrN3O3/c1-31-19-6-4-5-16(13-19)14-26-22(29)15-28-21-8-3-2-7-20(21)27-24(28)23(30)17-9-11-18(25)12-10-17/h2-13H,14-15H2,1H3,(H,26,29). The number of hydrogen-bond donors (Lipinski definition) is 1. The molecule has 1 heterocycles. The second-order valence-electron chi connectivity index (χ2n) is 6.97. The smallest absolute Gasteiger partial charge is 0.240 e. The number of ketones is 1. The number of fused-ring (bicyclic) bond motifs is 1. The summed E-state index contributed by atoms with van der Waals surface area (Å²) in [7, 11) is 1.60. The van der Waals surface area contributed by atoms with Gasteiger partial charge in [0.05, 0.1) is 18.1 Å². The van der Waals surface area contributed by atoms with E-state index in [1.54, 1.807) is 35.9 Å². The topological polar surface area (TPSA) is 73.2 Å². The molecule has 1 amide bonds. The van der Waals surface area contributed by atoms with Crippen LogP contribution in [0, 0.1) is 0 Å². The number of benzene rings is 3. The Labute approximate surface area is 188 Å². The van der Waals surface area contributed by atoms with Crippen LogP contribution in [0.4, 0.5) is 0 Å². The van der Waals surface area contributed by atoms with Gasteiger partial charge in [0.2, 0.25) is 11.7 Å². The number of halogens is 1. The van der Waals surface area contributed by atoms with Crippen molar-refractivity contribution in [1.29, 1.82) is 0 Å². The number of methoxy groups -OCH3 is 1. The molecule has 7 heteroatoms. The molecule has 0 radical (unpaired) electrons. The molecule has 0 bridgehead atoms. The number of para-hydroxylation sites is 2. The molecule has 31 heavy (non-hydrogen) atoms. The van der Waals surface area contributed by atoms with Gasteiger partial charge in [-0.1, -0.05) is 40.2 Å². The monoisotopic (exact) mass is 477 g/mol. The van der Waals surface area contributed by atoms with E-state index in [1.165, 1.54) is 0 Å². The number of aromatic nitrogens is 2. The summed E-state index contributed by atoms with van der Waals surface area (Å²) in [6.45, 7) is 0.348. The molecule has 0 aliphatic carbocycles. The number of carbonyl (C=O) groups is 2. The van der Waals surface area contributed by atoms with Gasteiger partial charge in [-0.15, -0.1) is 0 Å². The maximum atomic E-state index is 13.1. The van der Waals surface area contributed by atoms with Crippen molar-refractivity contribution < 1.29 is 14.3 Å². The van der Waals surface area contributed by atoms with Gasteiger partial charge in [-0.2, -0.15) is 0 Å². The minimum atomic E-state index is -0.232. The molecule has 0 fully saturated rings. The largest absolute Gasteiger partial charge is 0.497 e. The van der Waals surface area contributed by atoms with Gasteiger partial charge < -0.3 is 14.6 Å². The molecule has 0 spiro atoms. The summed E-state index contributed by atoms with van der Waals surface area (Å²) in [5, 5.41) is 2.91. The Balaban J connectivity index is 1.58. The van der Waals surface area contributed by atoms with Gasteiger partial charge >= 0.3 is 0 Å². The van der Waals surface area contributed by atoms with Crippen LogP contribution in [0.5, 0.6) is 5.75 Å². The van der Waals surface area contributed by atoms with Gasteiger partial charge in [0.25, 0.3) is 0 Å². The van der Waals surface area contributed by atoms with Gasteiger partial charge in [-0.3, -0.25) is 9.59 Å². The fourth-order valence-electron chi connectivity index (χ4n) is 3.32. The van der Waals surface area contributed by atoms with E-state index < -0.39 is 0 Å². The van der Waals surface area contributed by atoms with E-state index in [-0.39, 0.29) is 24.1 Å². The lowest BCUT2D eigenvalue weighted by molar-refractivity contribution is -0.121. The highest BCUT2D eigenvalue weighted by Gasteiger charge is 2.20. The van der Waals surface area contributed by atoms with Crippen LogP contribution in [0.2, 0.25) is 0 Å². The van der Waals surface area contributed by atoms with Crippen LogP contribution in [0.15, 0.2) is 77.3 Å². The van der Waals surface area contributed by atoms with Crippen LogP contribution in [0.25, 0.3) is 11.0 Å². The molecular formula is C24H20BrN3O3. The second-order valence-corrected chi connectivity index (χ2v) is 7.89. The van der Waals surface area contributed by atoms with Crippen molar-refractivity contribution in [3.63, 3.8) is 0 Å². The normalized spacial score (nSPS) is 10.8. The van der Waals surface area contributed by atoms with Crippen molar-refractivity contribution >= 4 is 38.7 Å². The molecule has 4 aromatic rings. The second kappa shape index (κ2) is 9.14. The van der Waals surface area contributed by atoms with E-state index in [0.29, 0.717) is 17.6 Å². The van der Waals surface area contributed by atoms with Crippen LogP contribution in [0.3, 0.4) is 0 Å². The number of carbonyl (C=O) groups excluding carboxylic acids is 2. The highest BCUT2D eigenvalue weighted by atomic mass is 79.9. The molecule has 3 aromatic carbocycles. The van der Waals surface area contributed by atoms with Gasteiger partial charge in [0, 0.05) is 16.6 Å². The first kappa shape index (κ1) is 20.8. The third-order valence-electron chi connectivity index (χ3n) is 4.89. The van der Waals surface area contributed by atoms with E-state index in [0.717, 1.165) is 21.3 Å². The molecule has 0 saturated carbocycles. The van der Waals surface area contributed by atoms with Crippen molar-refractivity contribution in [3.8, 4) is 5.75 Å². The molecule has 4 rings (SSSR count). The highest BCUT2D eigenvalue weighted by molar-refractivity contribution is 9.10. The third-order valence-corrected chi connectivity index (χ3v) is 5.42. The predicted molar refractivity (Wildman–Crippen MR) is 122 cm³/mol. The fourth-order valence-corrected chi connectivity index (χ4v) is 3.59. The van der Waals surface area contributed by atoms with Crippen molar-refractivity contribution in [2.24, 2.45) is 0 Å². The Bertz CT molecular complexity index is 1250. The number of hydrogen-bond acceptors (Lipinski definition) is 4. The number of nitrogens with zero attached hydrogens (tertiary/aromatic N) is 2. The Morgan fingerprint density at radius 1 is 1.03 bits per heavy atom. The Kier molecular flexibility index (Phi) is 6.13. The van der Waals surface area contributed by atoms with E-state index in [4.69, 9.17) is 4.74 Å². The number of imidazole rings is 1. The van der Waals surface area contributed by atoms with Crippen LogP contribution >= 0.6 is 15.9 Å². The summed E-state index contributed by atoms with van der Waals surface area (Å²) >= 11 is 3.38. The average Bonchev–Trinajstić information content (AvgIpc) is 3.16. The van der Waals surface area contributed by atoms with Crippen LogP contribution in [-0.4, -0.2) is 28.4 Å². The third kappa shape index (κ3) is 4.67. The molecule has 1 N–H and O–H groups in total. The number of rotatable bonds is 7. The van der Waals surface area contributed by atoms with E-state index >= 15 is 0 Å². The quantitative estimate of drug-likeness (QED) is 0.401. The number of nitrogens with one attached hydrogen (secondary N) is 1. The van der Waals surface area contributed by atoms with Gasteiger partial charge in [0.15, 0.2) is 5.82 Å². The zero-order valence-electron chi connectivity index (χ0n) is 16.8. The minimum Gasteiger partial charge on any atom is -0.497 e. The molecule has 0 atom stereocenters. The molecule has 0 aliphatic heterocycles. The molecule has 1 aromatic heterocycles. The fraction of sp³-hybridized carbons (Fsp3) is 0.125. The lowest BCUT2D eigenvalue weighted by atomic mass is 10.1. The summed E-state index contributed by atoms with van der Waals surface area (Å²) in [5.41, 5.74) is 2.84. The first-order valence-corrected chi connectivity index (χ1v) is 10.5. The molecule has 0 saturated heterocycles. The predicted octanol–water partition coefficient (Wildman–Crippen LogP) is 4.35. The van der Waals surface area contributed by atoms with Gasteiger partial charge in [0.1, 0.15) is 12.3 Å². The summed E-state index contributed by atoms with van der Waals surface area (Å²) < 4.78 is 7.77. The Morgan fingerprint density at radius 2 is 1.81 bits per heavy atom. The van der Waals surface area contributed by atoms with Crippen LogP contribution < -0.4 is 10.1 Å². The van der Waals surface area contributed by atoms with E-state index in [1.807, 2.05) is 48.5 Å². The first-order chi connectivity index (χ1) is 15.0. The molecule has 0 unspecified atom stereocenters. The molecular weight excluding hydrogens is 458 g/mol. The Hall–Kier alpha value is -3.45. The number of amides is 1. The minimum absolute atomic E-state index is 0.0118. The summed E-state index contributed by atoms with van der Waals surface area (Å²) in [5.74, 6) is 0.523. The summed E-state index contributed by atoms with van der Waals surface area (Å²) in [6.07, 6.45) is 0. The van der Waals surface area contributed by atoms with Crippen molar-refractivity contribution in [2.75, 3.05) is 7.11 Å². The molecule has 6 nitrogen and oxygen atoms in total. The maximum absolute atomic E-state index is 13.1. The van der Waals surface area contributed by atoms with Crippen molar-refractivity contribution in [3.05, 3.63) is 94.2 Å². The number of ether oxygens (including phenoxy) is 1. The maximum Gasteiger partial charge on any atom is 0.240 e. The lowest BCUT2D eigenvalue weighted by Crippen LogP contribution is -2.28. The SMILES string of the molecule is COc1cccc(CNC(=O)Cn2c(C(=O)c3ccc(Br)cc3)nc3ccccc32)c1. The average molecular weight is 478 g/mol. The van der Waals surface area contributed by atoms with Crippen molar-refractivity contribution in [2.45, 2.75) is 13.1 Å². The molecule has 156 valence electrons. The van der Waals surface area contributed by atoms with Gasteiger partial charge in [-0.25, -0.2) is 4.98 Å². The highest BCUT2D eigenvalue weighted by Crippen LogP contribution is 2.20.